The predicted molar refractivity (Wildman–Crippen MR) is 477 cm³/mol. The van der Waals surface area contributed by atoms with Crippen molar-refractivity contribution in [2.45, 2.75) is 16.2 Å². The summed E-state index contributed by atoms with van der Waals surface area (Å²) in [7, 11) is 0. The second kappa shape index (κ2) is 23.7. The van der Waals surface area contributed by atoms with Gasteiger partial charge in [-0.2, -0.15) is 8.75 Å². The molecule has 0 saturated heterocycles. The van der Waals surface area contributed by atoms with E-state index >= 15 is 0 Å². The quantitative estimate of drug-likeness (QED) is 0.152. The Labute approximate surface area is 675 Å². The lowest BCUT2D eigenvalue weighted by Gasteiger charge is -2.30. The van der Waals surface area contributed by atoms with Crippen LogP contribution in [0.25, 0.3) is 150 Å². The molecule has 0 N–H and O–H groups in total. The number of hydrogen-bond donors (Lipinski definition) is 0. The van der Waals surface area contributed by atoms with Gasteiger partial charge in [0, 0.05) is 33.4 Å². The first-order chi connectivity index (χ1) is 57.5. The Morgan fingerprint density at radius 2 is 0.526 bits per heavy atom. The normalized spacial score (nSPS) is 14.1. The van der Waals surface area contributed by atoms with Crippen LogP contribution < -0.4 is 4.90 Å². The molecule has 536 valence electrons. The van der Waals surface area contributed by atoms with E-state index in [0.29, 0.717) is 0 Å². The van der Waals surface area contributed by atoms with Crippen LogP contribution in [0, 0.1) is 0 Å². The molecule has 18 aromatic carbocycles. The Morgan fingerprint density at radius 3 is 0.974 bits per heavy atom. The summed E-state index contributed by atoms with van der Waals surface area (Å²) in [6.07, 6.45) is 0. The zero-order chi connectivity index (χ0) is 75.7. The maximum Gasteiger partial charge on any atom is 0.129 e. The van der Waals surface area contributed by atoms with Crippen LogP contribution in [-0.4, -0.2) is 13.3 Å². The summed E-state index contributed by atoms with van der Waals surface area (Å²) in [5.41, 5.74) is 47.6. The Balaban J connectivity index is 0.596. The maximum atomic E-state index is 5.16. The number of hydrogen-bond acceptors (Lipinski definition) is 4. The fraction of sp³-hybridized carbons (Fsp3) is 0.0270. The minimum atomic E-state index is -0.461. The van der Waals surface area contributed by atoms with Crippen molar-refractivity contribution in [2.75, 3.05) is 4.90 Å². The molecule has 0 fully saturated rings. The second-order valence-corrected chi connectivity index (χ2v) is 32.6. The van der Waals surface area contributed by atoms with Crippen molar-refractivity contribution in [2.24, 2.45) is 0 Å². The fourth-order valence-electron chi connectivity index (χ4n) is 22.4. The lowest BCUT2D eigenvalue weighted by molar-refractivity contribution is 0.794. The predicted octanol–water partition coefficient (Wildman–Crippen LogP) is 28.0. The topological polar surface area (TPSA) is 34.0 Å². The van der Waals surface area contributed by atoms with E-state index in [2.05, 4.69) is 410 Å². The molecule has 0 amide bonds. The highest BCUT2D eigenvalue weighted by atomic mass is 32.1. The Hall–Kier alpha value is -14.6. The van der Waals surface area contributed by atoms with Crippen molar-refractivity contribution in [1.82, 2.24) is 13.3 Å². The van der Waals surface area contributed by atoms with Crippen LogP contribution in [0.2, 0.25) is 0 Å². The molecule has 116 heavy (non-hydrogen) atoms. The van der Waals surface area contributed by atoms with Gasteiger partial charge in [0.05, 0.1) is 44.7 Å². The molecule has 4 nitrogen and oxygen atoms in total. The number of para-hydroxylation sites is 1. The van der Waals surface area contributed by atoms with Crippen molar-refractivity contribution in [1.29, 1.82) is 0 Å². The van der Waals surface area contributed by atoms with E-state index in [1.54, 1.807) is 0 Å². The molecule has 0 unspecified atom stereocenters. The number of benzene rings is 18. The van der Waals surface area contributed by atoms with Gasteiger partial charge in [-0.15, -0.1) is 0 Å². The molecule has 0 saturated carbocycles. The Bertz CT molecular complexity index is 7240. The highest BCUT2D eigenvalue weighted by molar-refractivity contribution is 7.00. The van der Waals surface area contributed by atoms with E-state index in [1.165, 1.54) is 184 Å². The summed E-state index contributed by atoms with van der Waals surface area (Å²) in [6.45, 7) is 0. The lowest BCUT2D eigenvalue weighted by Crippen LogP contribution is -2.25. The SMILES string of the molecule is c1ccc(N(c2ccc(-c3cccc4c3-c3ccccc3C43c4ccccc4-c4ccccc43)cc2)c2ccc(-c3ccc(-n4c5ccc(-c6ccc7c(c6)C6(c8ccccc8-c8ccccc86)c6ccccc6-7)cc5c5cc(-c6ccc7c(c6)C6(c8ccccc8-c8ccccc86)c6ccccc6-7)ccc54)cc3)c3nsnc23)cc1. The zero-order valence-corrected chi connectivity index (χ0v) is 63.6. The summed E-state index contributed by atoms with van der Waals surface area (Å²) in [5, 5.41) is 2.38. The molecule has 2 aromatic heterocycles. The molecular formula is C111H66N4S. The lowest BCUT2D eigenvalue weighted by atomic mass is 9.70. The zero-order valence-electron chi connectivity index (χ0n) is 62.8. The average molecular weight is 1490 g/mol. The van der Waals surface area contributed by atoms with E-state index in [4.69, 9.17) is 8.75 Å². The van der Waals surface area contributed by atoms with Crippen molar-refractivity contribution in [3.63, 3.8) is 0 Å². The van der Waals surface area contributed by atoms with Crippen molar-refractivity contribution in [3.05, 3.63) is 467 Å². The third-order valence-electron chi connectivity index (χ3n) is 27.0. The molecule has 2 heterocycles. The fourth-order valence-corrected chi connectivity index (χ4v) is 23.0. The van der Waals surface area contributed by atoms with Crippen LogP contribution in [-0.2, 0) is 16.2 Å². The van der Waals surface area contributed by atoms with Gasteiger partial charge in [-0.1, -0.05) is 315 Å². The molecule has 0 bridgehead atoms. The van der Waals surface area contributed by atoms with Crippen molar-refractivity contribution in [3.8, 4) is 117 Å². The minimum Gasteiger partial charge on any atom is -0.309 e. The second-order valence-electron chi connectivity index (χ2n) is 32.1. The van der Waals surface area contributed by atoms with Gasteiger partial charge >= 0.3 is 0 Å². The van der Waals surface area contributed by atoms with Crippen molar-refractivity contribution < 1.29 is 0 Å². The number of aromatic nitrogens is 3. The Kier molecular flexibility index (Phi) is 13.1. The monoisotopic (exact) mass is 1490 g/mol. The molecule has 5 heteroatoms. The standard InChI is InChI=1S/C111H66N4S/c1-2-23-73(24-3-1)114(74-53-45-67(46-54-74)76-34-22-44-100-106(76)88-33-12-21-43-99(88)109(100)91-35-13-4-25-78(91)79-26-5-14-36-92(79)109)105-62-59-77(107-108(105)113-116-112-107)68-47-55-75(56-48-68)115-103-60-51-69(71-49-57-86-84-31-10-19-41-97(84)110(101(86)65-71)93-37-15-6-27-80(93)81-28-7-16-38-94(81)110)63-89(103)90-64-70(52-61-104(90)115)72-50-58-87-85-32-11-20-42-98(85)111(102(87)66-72)95-39-17-8-29-82(95)83-30-9-18-40-96(83)111/h1-66H. The molecular weight excluding hydrogens is 1420 g/mol. The van der Waals surface area contributed by atoms with Crippen LogP contribution in [0.3, 0.4) is 0 Å². The molecule has 0 aliphatic heterocycles. The molecule has 6 aliphatic carbocycles. The minimum absolute atomic E-state index is 0.421. The van der Waals surface area contributed by atoms with E-state index in [-0.39, 0.29) is 0 Å². The third kappa shape index (κ3) is 8.25. The summed E-state index contributed by atoms with van der Waals surface area (Å²) in [5.74, 6) is 0. The van der Waals surface area contributed by atoms with Crippen LogP contribution in [0.1, 0.15) is 66.8 Å². The van der Waals surface area contributed by atoms with Gasteiger partial charge in [-0.25, -0.2) is 0 Å². The van der Waals surface area contributed by atoms with Gasteiger partial charge in [0.2, 0.25) is 0 Å². The molecule has 3 spiro atoms. The maximum absolute atomic E-state index is 5.16. The largest absolute Gasteiger partial charge is 0.309 e. The van der Waals surface area contributed by atoms with Gasteiger partial charge < -0.3 is 9.47 Å². The smallest absolute Gasteiger partial charge is 0.129 e. The van der Waals surface area contributed by atoms with E-state index in [9.17, 15) is 0 Å². The van der Waals surface area contributed by atoms with E-state index in [0.717, 1.165) is 61.5 Å². The first-order valence-corrected chi connectivity index (χ1v) is 41.0. The highest BCUT2D eigenvalue weighted by Gasteiger charge is 2.55. The Morgan fingerprint density at radius 1 is 0.216 bits per heavy atom. The molecule has 6 aliphatic rings. The molecule has 26 rings (SSSR count). The molecule has 0 radical (unpaired) electrons. The number of anilines is 3. The van der Waals surface area contributed by atoms with Gasteiger partial charge in [0.25, 0.3) is 0 Å². The highest BCUT2D eigenvalue weighted by Crippen LogP contribution is 2.67. The van der Waals surface area contributed by atoms with Crippen molar-refractivity contribution >= 4 is 61.6 Å². The van der Waals surface area contributed by atoms with Crippen LogP contribution in [0.4, 0.5) is 17.1 Å². The number of rotatable bonds is 8. The summed E-state index contributed by atoms with van der Waals surface area (Å²) in [4.78, 5) is 2.34. The first-order valence-electron chi connectivity index (χ1n) is 40.3. The number of fused-ring (bicyclic) bond motifs is 34. The van der Waals surface area contributed by atoms with Crippen LogP contribution >= 0.6 is 11.7 Å². The van der Waals surface area contributed by atoms with Gasteiger partial charge in [-0.3, -0.25) is 0 Å². The van der Waals surface area contributed by atoms with Gasteiger partial charge in [0.15, 0.2) is 0 Å². The van der Waals surface area contributed by atoms with Gasteiger partial charge in [-0.05, 0) is 257 Å². The van der Waals surface area contributed by atoms with Gasteiger partial charge in [0.1, 0.15) is 11.0 Å². The molecule has 20 aromatic rings. The average Bonchev–Trinajstić information content (AvgIpc) is 1.53. The summed E-state index contributed by atoms with van der Waals surface area (Å²) in [6, 6.07) is 151. The number of nitrogens with zero attached hydrogens (tertiary/aromatic N) is 4. The van der Waals surface area contributed by atoms with E-state index < -0.39 is 16.2 Å². The molecule has 0 atom stereocenters. The van der Waals surface area contributed by atoms with E-state index in [1.807, 2.05) is 0 Å². The summed E-state index contributed by atoms with van der Waals surface area (Å²) >= 11 is 1.27. The first kappa shape index (κ1) is 64.0. The van der Waals surface area contributed by atoms with Crippen LogP contribution in [0.15, 0.2) is 400 Å². The summed E-state index contributed by atoms with van der Waals surface area (Å²) < 4.78 is 12.8. The third-order valence-corrected chi connectivity index (χ3v) is 27.5. The van der Waals surface area contributed by atoms with Crippen LogP contribution in [0.5, 0.6) is 0 Å².